The van der Waals surface area contributed by atoms with Crippen LogP contribution in [0.3, 0.4) is 0 Å². The fourth-order valence-corrected chi connectivity index (χ4v) is 3.81. The number of halogens is 2. The molecule has 0 atom stereocenters. The second-order valence-corrected chi connectivity index (χ2v) is 8.90. The second-order valence-electron chi connectivity index (χ2n) is 6.15. The Morgan fingerprint density at radius 2 is 1.76 bits per heavy atom. The van der Waals surface area contributed by atoms with Gasteiger partial charge in [0.2, 0.25) is 15.9 Å². The minimum absolute atomic E-state index is 0.0540. The van der Waals surface area contributed by atoms with E-state index >= 15 is 0 Å². The Balaban J connectivity index is 2.01. The van der Waals surface area contributed by atoms with Gasteiger partial charge in [-0.2, -0.15) is 0 Å². The summed E-state index contributed by atoms with van der Waals surface area (Å²) in [7, 11) is -2.27. The van der Waals surface area contributed by atoms with Crippen LogP contribution in [-0.4, -0.2) is 40.2 Å². The van der Waals surface area contributed by atoms with Gasteiger partial charge in [0.25, 0.3) is 0 Å². The normalized spacial score (nSPS) is 11.0. The molecule has 7 nitrogen and oxygen atoms in total. The van der Waals surface area contributed by atoms with E-state index in [-0.39, 0.29) is 41.6 Å². The van der Waals surface area contributed by atoms with Gasteiger partial charge in [-0.05, 0) is 48.9 Å². The number of carbonyl (C=O) groups is 2. The van der Waals surface area contributed by atoms with Gasteiger partial charge in [0, 0.05) is 18.0 Å². The largest absolute Gasteiger partial charge is 0.465 e. The standard InChI is InChI=1S/C19H20Cl2N2O5S/c1-28-19(25)13-5-10-16(21)17(12-13)22-18(24)4-3-11-23(29(2,26)27)15-8-6-14(20)7-9-15/h5-10,12H,3-4,11H2,1-2H3,(H,22,24). The van der Waals surface area contributed by atoms with Gasteiger partial charge in [-0.3, -0.25) is 9.10 Å². The highest BCUT2D eigenvalue weighted by Crippen LogP contribution is 2.24. The second kappa shape index (κ2) is 9.96. The van der Waals surface area contributed by atoms with Gasteiger partial charge >= 0.3 is 5.97 Å². The molecule has 0 aliphatic heterocycles. The maximum absolute atomic E-state index is 12.3. The van der Waals surface area contributed by atoms with Gasteiger partial charge in [0.05, 0.1) is 35.3 Å². The lowest BCUT2D eigenvalue weighted by Crippen LogP contribution is -2.31. The molecule has 1 N–H and O–H groups in total. The van der Waals surface area contributed by atoms with Crippen molar-refractivity contribution < 1.29 is 22.7 Å². The molecule has 0 spiro atoms. The number of nitrogens with zero attached hydrogens (tertiary/aromatic N) is 1. The van der Waals surface area contributed by atoms with Crippen LogP contribution in [0.4, 0.5) is 11.4 Å². The molecule has 1 amide bonds. The first kappa shape index (κ1) is 23.0. The predicted octanol–water partition coefficient (Wildman–Crippen LogP) is 3.96. The molecule has 0 heterocycles. The molecule has 0 aliphatic rings. The average molecular weight is 459 g/mol. The Morgan fingerprint density at radius 3 is 2.34 bits per heavy atom. The summed E-state index contributed by atoms with van der Waals surface area (Å²) in [6, 6.07) is 10.8. The summed E-state index contributed by atoms with van der Waals surface area (Å²) in [4.78, 5) is 23.9. The van der Waals surface area contributed by atoms with Crippen molar-refractivity contribution in [2.75, 3.05) is 29.5 Å². The zero-order chi connectivity index (χ0) is 21.6. The van der Waals surface area contributed by atoms with E-state index in [2.05, 4.69) is 10.1 Å². The van der Waals surface area contributed by atoms with Crippen molar-refractivity contribution in [1.82, 2.24) is 0 Å². The molecule has 0 radical (unpaired) electrons. The lowest BCUT2D eigenvalue weighted by atomic mass is 10.2. The summed E-state index contributed by atoms with van der Waals surface area (Å²) in [5.41, 5.74) is 0.988. The zero-order valence-corrected chi connectivity index (χ0v) is 18.1. The summed E-state index contributed by atoms with van der Waals surface area (Å²) in [5.74, 6) is -0.914. The Labute approximate surface area is 179 Å². The maximum Gasteiger partial charge on any atom is 0.337 e. The molecule has 0 bridgehead atoms. The van der Waals surface area contributed by atoms with Crippen molar-refractivity contribution in [2.24, 2.45) is 0 Å². The van der Waals surface area contributed by atoms with Crippen LogP contribution in [0.5, 0.6) is 0 Å². The highest BCUT2D eigenvalue weighted by Gasteiger charge is 2.18. The molecule has 0 saturated carbocycles. The number of carbonyl (C=O) groups excluding carboxylic acids is 2. The number of esters is 1. The third-order valence-corrected chi connectivity index (χ3v) is 5.72. The number of hydrogen-bond donors (Lipinski definition) is 1. The van der Waals surface area contributed by atoms with Gasteiger partial charge in [-0.1, -0.05) is 23.2 Å². The number of amides is 1. The number of nitrogens with one attached hydrogen (secondary N) is 1. The van der Waals surface area contributed by atoms with Gasteiger partial charge < -0.3 is 10.1 Å². The first-order valence-electron chi connectivity index (χ1n) is 8.53. The van der Waals surface area contributed by atoms with Crippen LogP contribution >= 0.6 is 23.2 Å². The molecule has 2 rings (SSSR count). The van der Waals surface area contributed by atoms with Gasteiger partial charge in [-0.25, -0.2) is 13.2 Å². The molecule has 0 unspecified atom stereocenters. The zero-order valence-electron chi connectivity index (χ0n) is 15.8. The van der Waals surface area contributed by atoms with Crippen LogP contribution in [0.15, 0.2) is 42.5 Å². The first-order valence-corrected chi connectivity index (χ1v) is 11.1. The van der Waals surface area contributed by atoms with Gasteiger partial charge in [0.15, 0.2) is 0 Å². The summed E-state index contributed by atoms with van der Waals surface area (Å²) in [6.07, 6.45) is 1.42. The Kier molecular flexibility index (Phi) is 7.89. The van der Waals surface area contributed by atoms with E-state index in [1.54, 1.807) is 24.3 Å². The van der Waals surface area contributed by atoms with Crippen molar-refractivity contribution in [3.05, 3.63) is 58.1 Å². The minimum atomic E-state index is -3.53. The third-order valence-electron chi connectivity index (χ3n) is 3.94. The topological polar surface area (TPSA) is 92.8 Å². The Hall–Kier alpha value is -2.29. The van der Waals surface area contributed by atoms with Crippen molar-refractivity contribution in [1.29, 1.82) is 0 Å². The van der Waals surface area contributed by atoms with Crippen molar-refractivity contribution >= 4 is 56.5 Å². The van der Waals surface area contributed by atoms with Crippen LogP contribution in [-0.2, 0) is 19.6 Å². The summed E-state index contributed by atoms with van der Waals surface area (Å²) >= 11 is 11.9. The molecule has 0 fully saturated rings. The first-order chi connectivity index (χ1) is 13.6. The maximum atomic E-state index is 12.3. The van der Waals surface area contributed by atoms with Gasteiger partial charge in [-0.15, -0.1) is 0 Å². The molecule has 10 heteroatoms. The van der Waals surface area contributed by atoms with E-state index in [0.29, 0.717) is 10.7 Å². The number of ether oxygens (including phenoxy) is 1. The van der Waals surface area contributed by atoms with Crippen LogP contribution < -0.4 is 9.62 Å². The third kappa shape index (κ3) is 6.62. The number of hydrogen-bond acceptors (Lipinski definition) is 5. The molecular weight excluding hydrogens is 439 g/mol. The van der Waals surface area contributed by atoms with Crippen molar-refractivity contribution in [3.8, 4) is 0 Å². The summed E-state index contributed by atoms with van der Waals surface area (Å²) in [6.45, 7) is 0.115. The smallest absolute Gasteiger partial charge is 0.337 e. The monoisotopic (exact) mass is 458 g/mol. The predicted molar refractivity (Wildman–Crippen MR) is 114 cm³/mol. The summed E-state index contributed by atoms with van der Waals surface area (Å²) < 4.78 is 30.0. The van der Waals surface area contributed by atoms with Crippen LogP contribution in [0, 0.1) is 0 Å². The van der Waals surface area contributed by atoms with E-state index in [1.807, 2.05) is 0 Å². The van der Waals surface area contributed by atoms with E-state index in [0.717, 1.165) is 6.26 Å². The highest BCUT2D eigenvalue weighted by molar-refractivity contribution is 7.92. The average Bonchev–Trinajstić information content (AvgIpc) is 2.66. The molecule has 0 aromatic heterocycles. The molecule has 0 aliphatic carbocycles. The van der Waals surface area contributed by atoms with E-state index < -0.39 is 16.0 Å². The molecule has 2 aromatic carbocycles. The van der Waals surface area contributed by atoms with Crippen molar-refractivity contribution in [2.45, 2.75) is 12.8 Å². The summed E-state index contributed by atoms with van der Waals surface area (Å²) in [5, 5.41) is 3.39. The van der Waals surface area contributed by atoms with E-state index in [4.69, 9.17) is 23.2 Å². The quantitative estimate of drug-likeness (QED) is 0.604. The lowest BCUT2D eigenvalue weighted by Gasteiger charge is -2.22. The van der Waals surface area contributed by atoms with E-state index in [1.165, 1.54) is 29.6 Å². The molecule has 156 valence electrons. The molecule has 2 aromatic rings. The number of benzene rings is 2. The molecule has 29 heavy (non-hydrogen) atoms. The lowest BCUT2D eigenvalue weighted by molar-refractivity contribution is -0.116. The van der Waals surface area contributed by atoms with Gasteiger partial charge in [0.1, 0.15) is 0 Å². The SMILES string of the molecule is COC(=O)c1ccc(Cl)c(NC(=O)CCCN(c2ccc(Cl)cc2)S(C)(=O)=O)c1. The number of methoxy groups -OCH3 is 1. The molecular formula is C19H20Cl2N2O5S. The van der Waals surface area contributed by atoms with Crippen molar-refractivity contribution in [3.63, 3.8) is 0 Å². The fourth-order valence-electron chi connectivity index (χ4n) is 2.56. The number of anilines is 2. The fraction of sp³-hybridized carbons (Fsp3) is 0.263. The Bertz CT molecular complexity index is 994. The molecule has 0 saturated heterocycles. The number of sulfonamides is 1. The van der Waals surface area contributed by atoms with Crippen LogP contribution in [0.1, 0.15) is 23.2 Å². The Morgan fingerprint density at radius 1 is 1.10 bits per heavy atom. The minimum Gasteiger partial charge on any atom is -0.465 e. The number of rotatable bonds is 8. The highest BCUT2D eigenvalue weighted by atomic mass is 35.5. The van der Waals surface area contributed by atoms with E-state index in [9.17, 15) is 18.0 Å². The van der Waals surface area contributed by atoms with Crippen LogP contribution in [0.25, 0.3) is 0 Å². The van der Waals surface area contributed by atoms with Crippen LogP contribution in [0.2, 0.25) is 10.0 Å².